The van der Waals surface area contributed by atoms with Gasteiger partial charge in [0.15, 0.2) is 0 Å². The summed E-state index contributed by atoms with van der Waals surface area (Å²) in [7, 11) is 0. The fourth-order valence-electron chi connectivity index (χ4n) is 3.02. The Morgan fingerprint density at radius 2 is 2.16 bits per heavy atom. The Hall–Kier alpha value is -1.39. The SMILES string of the molecule is CC1(C2CCNC2)CN(c2ccccc2)C(=O)CO1. The fourth-order valence-corrected chi connectivity index (χ4v) is 3.02. The van der Waals surface area contributed by atoms with Crippen molar-refractivity contribution in [2.75, 3.05) is 31.1 Å². The van der Waals surface area contributed by atoms with Crippen molar-refractivity contribution in [2.24, 2.45) is 5.92 Å². The van der Waals surface area contributed by atoms with Crippen molar-refractivity contribution >= 4 is 11.6 Å². The molecular weight excluding hydrogens is 240 g/mol. The first-order chi connectivity index (χ1) is 9.19. The van der Waals surface area contributed by atoms with Gasteiger partial charge in [0.05, 0.1) is 12.1 Å². The molecule has 2 saturated heterocycles. The summed E-state index contributed by atoms with van der Waals surface area (Å²) in [6, 6.07) is 9.86. The minimum absolute atomic E-state index is 0.0506. The number of carbonyl (C=O) groups is 1. The molecule has 19 heavy (non-hydrogen) atoms. The van der Waals surface area contributed by atoms with Crippen LogP contribution >= 0.6 is 0 Å². The van der Waals surface area contributed by atoms with E-state index in [1.54, 1.807) is 0 Å². The monoisotopic (exact) mass is 260 g/mol. The molecule has 1 aromatic rings. The van der Waals surface area contributed by atoms with Gasteiger partial charge in [0.2, 0.25) is 0 Å². The Labute approximate surface area is 113 Å². The van der Waals surface area contributed by atoms with Crippen LogP contribution in [0.15, 0.2) is 30.3 Å². The second-order valence-corrected chi connectivity index (χ2v) is 5.61. The highest BCUT2D eigenvalue weighted by atomic mass is 16.5. The number of morpholine rings is 1. The topological polar surface area (TPSA) is 41.6 Å². The average molecular weight is 260 g/mol. The molecule has 0 saturated carbocycles. The van der Waals surface area contributed by atoms with E-state index in [9.17, 15) is 4.79 Å². The van der Waals surface area contributed by atoms with Crippen LogP contribution in [-0.2, 0) is 9.53 Å². The van der Waals surface area contributed by atoms with Crippen molar-refractivity contribution in [2.45, 2.75) is 18.9 Å². The molecule has 2 heterocycles. The molecule has 1 amide bonds. The van der Waals surface area contributed by atoms with E-state index in [0.717, 1.165) is 25.2 Å². The molecule has 2 aliphatic rings. The molecule has 0 aliphatic carbocycles. The van der Waals surface area contributed by atoms with Crippen LogP contribution in [0, 0.1) is 5.92 Å². The fraction of sp³-hybridized carbons (Fsp3) is 0.533. The van der Waals surface area contributed by atoms with E-state index in [0.29, 0.717) is 12.5 Å². The second kappa shape index (κ2) is 4.94. The third kappa shape index (κ3) is 2.38. The van der Waals surface area contributed by atoms with Gasteiger partial charge in [0.25, 0.3) is 5.91 Å². The first-order valence-electron chi connectivity index (χ1n) is 6.89. The molecule has 1 aromatic carbocycles. The normalized spacial score (nSPS) is 31.7. The van der Waals surface area contributed by atoms with Crippen molar-refractivity contribution in [3.05, 3.63) is 30.3 Å². The highest BCUT2D eigenvalue weighted by molar-refractivity contribution is 5.95. The Morgan fingerprint density at radius 1 is 1.37 bits per heavy atom. The lowest BCUT2D eigenvalue weighted by Crippen LogP contribution is -2.57. The summed E-state index contributed by atoms with van der Waals surface area (Å²) in [5.41, 5.74) is 0.723. The highest BCUT2D eigenvalue weighted by Crippen LogP contribution is 2.32. The zero-order chi connectivity index (χ0) is 13.3. The van der Waals surface area contributed by atoms with Crippen LogP contribution in [-0.4, -0.2) is 37.7 Å². The molecule has 4 heteroatoms. The van der Waals surface area contributed by atoms with Gasteiger partial charge in [-0.15, -0.1) is 0 Å². The number of nitrogens with one attached hydrogen (secondary N) is 1. The van der Waals surface area contributed by atoms with Crippen molar-refractivity contribution in [1.82, 2.24) is 5.32 Å². The van der Waals surface area contributed by atoms with Crippen LogP contribution < -0.4 is 10.2 Å². The molecule has 2 atom stereocenters. The molecule has 0 radical (unpaired) electrons. The van der Waals surface area contributed by atoms with Gasteiger partial charge in [-0.05, 0) is 32.0 Å². The largest absolute Gasteiger partial charge is 0.363 e. The van der Waals surface area contributed by atoms with Crippen molar-refractivity contribution < 1.29 is 9.53 Å². The van der Waals surface area contributed by atoms with Crippen LogP contribution in [0.25, 0.3) is 0 Å². The van der Waals surface area contributed by atoms with E-state index in [4.69, 9.17) is 4.74 Å². The smallest absolute Gasteiger partial charge is 0.253 e. The first-order valence-corrected chi connectivity index (χ1v) is 6.89. The van der Waals surface area contributed by atoms with Gasteiger partial charge >= 0.3 is 0 Å². The lowest BCUT2D eigenvalue weighted by atomic mass is 9.86. The average Bonchev–Trinajstić information content (AvgIpc) is 2.98. The molecule has 2 aliphatic heterocycles. The summed E-state index contributed by atoms with van der Waals surface area (Å²) in [5.74, 6) is 0.529. The quantitative estimate of drug-likeness (QED) is 0.874. The lowest BCUT2D eigenvalue weighted by molar-refractivity contribution is -0.142. The van der Waals surface area contributed by atoms with Crippen molar-refractivity contribution in [3.8, 4) is 0 Å². The molecule has 0 spiro atoms. The van der Waals surface area contributed by atoms with E-state index in [-0.39, 0.29) is 18.1 Å². The van der Waals surface area contributed by atoms with Crippen molar-refractivity contribution in [1.29, 1.82) is 0 Å². The molecule has 2 fully saturated rings. The maximum atomic E-state index is 12.1. The minimum atomic E-state index is -0.243. The Morgan fingerprint density at radius 3 is 2.84 bits per heavy atom. The van der Waals surface area contributed by atoms with Crippen molar-refractivity contribution in [3.63, 3.8) is 0 Å². The first kappa shape index (κ1) is 12.6. The predicted molar refractivity (Wildman–Crippen MR) is 74.1 cm³/mol. The van der Waals surface area contributed by atoms with Gasteiger partial charge in [-0.1, -0.05) is 18.2 Å². The Balaban J connectivity index is 1.82. The number of para-hydroxylation sites is 1. The summed E-state index contributed by atoms with van der Waals surface area (Å²) in [6.45, 7) is 4.98. The van der Waals surface area contributed by atoms with Crippen LogP contribution in [0.3, 0.4) is 0 Å². The van der Waals surface area contributed by atoms with Crippen LogP contribution in [0.5, 0.6) is 0 Å². The zero-order valence-electron chi connectivity index (χ0n) is 11.3. The number of carbonyl (C=O) groups excluding carboxylic acids is 1. The summed E-state index contributed by atoms with van der Waals surface area (Å²) in [6.07, 6.45) is 1.12. The third-order valence-electron chi connectivity index (χ3n) is 4.29. The van der Waals surface area contributed by atoms with Gasteiger partial charge in [-0.3, -0.25) is 4.79 Å². The van der Waals surface area contributed by atoms with Gasteiger partial charge in [0, 0.05) is 18.2 Å². The maximum absolute atomic E-state index is 12.1. The van der Waals surface area contributed by atoms with Crippen LogP contribution in [0.2, 0.25) is 0 Å². The number of benzene rings is 1. The molecular formula is C15H20N2O2. The second-order valence-electron chi connectivity index (χ2n) is 5.61. The van der Waals surface area contributed by atoms with Crippen LogP contribution in [0.1, 0.15) is 13.3 Å². The number of ether oxygens (including phenoxy) is 1. The maximum Gasteiger partial charge on any atom is 0.253 e. The van der Waals surface area contributed by atoms with Gasteiger partial charge in [0.1, 0.15) is 6.61 Å². The van der Waals surface area contributed by atoms with Gasteiger partial charge in [-0.2, -0.15) is 0 Å². The summed E-state index contributed by atoms with van der Waals surface area (Å²) < 4.78 is 5.88. The van der Waals surface area contributed by atoms with E-state index < -0.39 is 0 Å². The molecule has 3 rings (SSSR count). The highest BCUT2D eigenvalue weighted by Gasteiger charge is 2.43. The van der Waals surface area contributed by atoms with E-state index in [2.05, 4.69) is 12.2 Å². The number of hydrogen-bond acceptors (Lipinski definition) is 3. The standard InChI is InChI=1S/C15H20N2O2/c1-15(12-7-8-16-9-12)11-17(14(18)10-19-15)13-5-3-2-4-6-13/h2-6,12,16H,7-11H2,1H3. The molecule has 4 nitrogen and oxygen atoms in total. The lowest BCUT2D eigenvalue weighted by Gasteiger charge is -2.43. The van der Waals surface area contributed by atoms with E-state index in [1.807, 2.05) is 35.2 Å². The number of hydrogen-bond donors (Lipinski definition) is 1. The minimum Gasteiger partial charge on any atom is -0.363 e. The van der Waals surface area contributed by atoms with E-state index >= 15 is 0 Å². The van der Waals surface area contributed by atoms with Crippen LogP contribution in [0.4, 0.5) is 5.69 Å². The molecule has 0 aromatic heterocycles. The molecule has 102 valence electrons. The summed E-state index contributed by atoms with van der Waals surface area (Å²) >= 11 is 0. The Kier molecular flexibility index (Phi) is 3.29. The number of anilines is 1. The third-order valence-corrected chi connectivity index (χ3v) is 4.29. The number of rotatable bonds is 2. The molecule has 1 N–H and O–H groups in total. The van der Waals surface area contributed by atoms with Gasteiger partial charge < -0.3 is 15.0 Å². The summed E-state index contributed by atoms with van der Waals surface area (Å²) in [4.78, 5) is 13.9. The predicted octanol–water partition coefficient (Wildman–Crippen LogP) is 1.42. The number of nitrogens with zero attached hydrogens (tertiary/aromatic N) is 1. The van der Waals surface area contributed by atoms with E-state index in [1.165, 1.54) is 0 Å². The van der Waals surface area contributed by atoms with Gasteiger partial charge in [-0.25, -0.2) is 0 Å². The Bertz CT molecular complexity index is 456. The summed E-state index contributed by atoms with van der Waals surface area (Å²) in [5, 5.41) is 3.38. The zero-order valence-corrected chi connectivity index (χ0v) is 11.3. The molecule has 2 unspecified atom stereocenters. The number of amides is 1. The molecule has 0 bridgehead atoms.